The van der Waals surface area contributed by atoms with E-state index < -0.39 is 15.9 Å². The van der Waals surface area contributed by atoms with Crippen LogP contribution in [0.3, 0.4) is 0 Å². The van der Waals surface area contributed by atoms with Gasteiger partial charge in [-0.3, -0.25) is 9.78 Å². The van der Waals surface area contributed by atoms with Gasteiger partial charge in [-0.1, -0.05) is 11.6 Å². The van der Waals surface area contributed by atoms with Gasteiger partial charge >= 0.3 is 0 Å². The molecule has 0 saturated carbocycles. The molecule has 0 aliphatic carbocycles. The molecule has 0 radical (unpaired) electrons. The second kappa shape index (κ2) is 7.28. The summed E-state index contributed by atoms with van der Waals surface area (Å²) in [4.78, 5) is 17.5. The fourth-order valence-electron chi connectivity index (χ4n) is 2.79. The zero-order chi connectivity index (χ0) is 18.0. The zero-order valence-corrected chi connectivity index (χ0v) is 15.6. The smallest absolute Gasteiger partial charge is 0.252 e. The minimum absolute atomic E-state index is 0.243. The van der Waals surface area contributed by atoms with Crippen LogP contribution in [0.25, 0.3) is 0 Å². The van der Waals surface area contributed by atoms with Gasteiger partial charge in [0.1, 0.15) is 4.21 Å². The molecule has 0 bridgehead atoms. The highest BCUT2D eigenvalue weighted by Crippen LogP contribution is 2.29. The minimum atomic E-state index is -3.56. The van der Waals surface area contributed by atoms with Gasteiger partial charge < -0.3 is 10.6 Å². The van der Waals surface area contributed by atoms with Crippen molar-refractivity contribution < 1.29 is 13.2 Å². The number of thiophene rings is 1. The summed E-state index contributed by atoms with van der Waals surface area (Å²) < 4.78 is 27.6. The molecule has 3 heterocycles. The number of amides is 1. The third-order valence-electron chi connectivity index (χ3n) is 4.00. The summed E-state index contributed by atoms with van der Waals surface area (Å²) >= 11 is 6.92. The van der Waals surface area contributed by atoms with E-state index in [2.05, 4.69) is 4.98 Å². The molecule has 0 unspecified atom stereocenters. The van der Waals surface area contributed by atoms with E-state index in [1.54, 1.807) is 18.3 Å². The molecule has 7 nitrogen and oxygen atoms in total. The number of hydrogen-bond donors (Lipinski definition) is 1. The van der Waals surface area contributed by atoms with Gasteiger partial charge in [-0.15, -0.1) is 11.3 Å². The van der Waals surface area contributed by atoms with E-state index >= 15 is 0 Å². The number of carbonyl (C=O) groups excluding carboxylic acids is 1. The lowest BCUT2D eigenvalue weighted by molar-refractivity contribution is 0.100. The molecule has 2 N–H and O–H groups in total. The van der Waals surface area contributed by atoms with Crippen LogP contribution in [-0.2, 0) is 10.0 Å². The third kappa shape index (κ3) is 3.79. The summed E-state index contributed by atoms with van der Waals surface area (Å²) in [5.74, 6) is -0.551. The molecular formula is C15H17ClN4O3S2. The fraction of sp³-hybridized carbons (Fsp3) is 0.333. The van der Waals surface area contributed by atoms with E-state index in [0.29, 0.717) is 48.2 Å². The third-order valence-corrected chi connectivity index (χ3v) is 7.60. The van der Waals surface area contributed by atoms with Gasteiger partial charge in [0.05, 0.1) is 15.6 Å². The first-order valence-corrected chi connectivity index (χ1v) is 10.3. The lowest BCUT2D eigenvalue weighted by Crippen LogP contribution is -2.35. The monoisotopic (exact) mass is 400 g/mol. The molecule has 134 valence electrons. The van der Waals surface area contributed by atoms with Gasteiger partial charge in [-0.2, -0.15) is 4.31 Å². The normalized spacial score (nSPS) is 16.6. The van der Waals surface area contributed by atoms with Crippen LogP contribution >= 0.6 is 22.9 Å². The van der Waals surface area contributed by atoms with Gasteiger partial charge in [-0.05, 0) is 24.6 Å². The average molecular weight is 401 g/mol. The Morgan fingerprint density at radius 1 is 1.20 bits per heavy atom. The molecule has 1 saturated heterocycles. The molecule has 1 aliphatic heterocycles. The first kappa shape index (κ1) is 18.1. The number of rotatable bonds is 4. The largest absolute Gasteiger partial charge is 0.369 e. The summed E-state index contributed by atoms with van der Waals surface area (Å²) in [7, 11) is -3.56. The highest BCUT2D eigenvalue weighted by atomic mass is 35.5. The number of nitrogens with zero attached hydrogens (tertiary/aromatic N) is 3. The molecule has 2 aromatic heterocycles. The van der Waals surface area contributed by atoms with Crippen LogP contribution in [-0.4, -0.2) is 49.8 Å². The van der Waals surface area contributed by atoms with Gasteiger partial charge in [0.25, 0.3) is 15.9 Å². The Kier molecular flexibility index (Phi) is 5.28. The maximum atomic E-state index is 12.7. The van der Waals surface area contributed by atoms with Crippen molar-refractivity contribution in [2.75, 3.05) is 31.1 Å². The number of anilines is 1. The van der Waals surface area contributed by atoms with Crippen LogP contribution in [0.4, 0.5) is 5.69 Å². The molecule has 25 heavy (non-hydrogen) atoms. The van der Waals surface area contributed by atoms with E-state index in [1.807, 2.05) is 4.90 Å². The number of hydrogen-bond acceptors (Lipinski definition) is 6. The summed E-state index contributed by atoms with van der Waals surface area (Å²) in [5.41, 5.74) is 6.43. The van der Waals surface area contributed by atoms with E-state index in [1.165, 1.54) is 16.6 Å². The Hall–Kier alpha value is -1.68. The van der Waals surface area contributed by atoms with Crippen LogP contribution in [0.15, 0.2) is 34.8 Å². The Labute approximate surface area is 155 Å². The highest BCUT2D eigenvalue weighted by molar-refractivity contribution is 7.91. The van der Waals surface area contributed by atoms with Crippen molar-refractivity contribution in [1.82, 2.24) is 9.29 Å². The first-order valence-electron chi connectivity index (χ1n) is 7.64. The molecule has 1 aliphatic rings. The van der Waals surface area contributed by atoms with Crippen molar-refractivity contribution >= 4 is 44.6 Å². The van der Waals surface area contributed by atoms with Gasteiger partial charge in [0.15, 0.2) is 0 Å². The zero-order valence-electron chi connectivity index (χ0n) is 13.3. The predicted molar refractivity (Wildman–Crippen MR) is 97.7 cm³/mol. The van der Waals surface area contributed by atoms with Crippen LogP contribution in [0, 0.1) is 0 Å². The van der Waals surface area contributed by atoms with Crippen molar-refractivity contribution in [2.24, 2.45) is 5.73 Å². The number of primary amides is 1. The molecule has 0 spiro atoms. The number of carbonyl (C=O) groups is 1. The van der Waals surface area contributed by atoms with Gasteiger partial charge in [-0.25, -0.2) is 8.42 Å². The van der Waals surface area contributed by atoms with Crippen molar-refractivity contribution in [3.63, 3.8) is 0 Å². The number of nitrogens with two attached hydrogens (primary N) is 1. The predicted octanol–water partition coefficient (Wildman–Crippen LogP) is 1.80. The highest BCUT2D eigenvalue weighted by Gasteiger charge is 2.29. The molecule has 2 aromatic rings. The Bertz CT molecular complexity index is 884. The lowest BCUT2D eigenvalue weighted by Gasteiger charge is -2.24. The molecule has 10 heteroatoms. The van der Waals surface area contributed by atoms with Gasteiger partial charge in [0.2, 0.25) is 0 Å². The van der Waals surface area contributed by atoms with Gasteiger partial charge in [0, 0.05) is 38.6 Å². The van der Waals surface area contributed by atoms with E-state index in [0.717, 1.165) is 11.3 Å². The quantitative estimate of drug-likeness (QED) is 0.843. The minimum Gasteiger partial charge on any atom is -0.369 e. The standard InChI is InChI=1S/C15H17ClN4O3S2/c16-13-2-3-14(24-13)25(22,23)20-7-1-6-19(8-9-20)12-4-5-18-10-11(12)15(17)21/h2-5,10H,1,6-9H2,(H2,17,21). The van der Waals surface area contributed by atoms with Crippen LogP contribution in [0.2, 0.25) is 4.34 Å². The number of aromatic nitrogens is 1. The molecule has 3 rings (SSSR count). The Morgan fingerprint density at radius 2 is 2.00 bits per heavy atom. The molecule has 0 atom stereocenters. The van der Waals surface area contributed by atoms with E-state index in [-0.39, 0.29) is 4.21 Å². The summed E-state index contributed by atoms with van der Waals surface area (Å²) in [6.07, 6.45) is 3.67. The molecule has 0 aromatic carbocycles. The second-order valence-electron chi connectivity index (χ2n) is 5.56. The fourth-order valence-corrected chi connectivity index (χ4v) is 5.90. The summed E-state index contributed by atoms with van der Waals surface area (Å²) in [6.45, 7) is 1.81. The van der Waals surface area contributed by atoms with E-state index in [9.17, 15) is 13.2 Å². The Morgan fingerprint density at radius 3 is 2.68 bits per heavy atom. The Balaban J connectivity index is 1.81. The van der Waals surface area contributed by atoms with Crippen molar-refractivity contribution in [3.05, 3.63) is 40.5 Å². The van der Waals surface area contributed by atoms with Crippen LogP contribution in [0.5, 0.6) is 0 Å². The maximum absolute atomic E-state index is 12.7. The molecular weight excluding hydrogens is 384 g/mol. The average Bonchev–Trinajstić information content (AvgIpc) is 2.88. The maximum Gasteiger partial charge on any atom is 0.252 e. The van der Waals surface area contributed by atoms with Crippen molar-refractivity contribution in [3.8, 4) is 0 Å². The summed E-state index contributed by atoms with van der Waals surface area (Å²) in [6, 6.07) is 4.84. The lowest BCUT2D eigenvalue weighted by atomic mass is 10.2. The van der Waals surface area contributed by atoms with Crippen LogP contribution in [0.1, 0.15) is 16.8 Å². The van der Waals surface area contributed by atoms with Crippen molar-refractivity contribution in [1.29, 1.82) is 0 Å². The SMILES string of the molecule is NC(=O)c1cnccc1N1CCCN(S(=O)(=O)c2ccc(Cl)s2)CC1. The molecule has 1 fully saturated rings. The van der Waals surface area contributed by atoms with Crippen LogP contribution < -0.4 is 10.6 Å². The van der Waals surface area contributed by atoms with E-state index in [4.69, 9.17) is 17.3 Å². The second-order valence-corrected chi connectivity index (χ2v) is 9.44. The van der Waals surface area contributed by atoms with Crippen molar-refractivity contribution in [2.45, 2.75) is 10.6 Å². The molecule has 1 amide bonds. The number of pyridine rings is 1. The summed E-state index contributed by atoms with van der Waals surface area (Å²) in [5, 5.41) is 0. The number of sulfonamides is 1. The number of halogens is 1. The topological polar surface area (TPSA) is 96.6 Å². The first-order chi connectivity index (χ1) is 11.9.